The molecular weight excluding hydrogens is 396 g/mol. The van der Waals surface area contributed by atoms with Crippen molar-refractivity contribution in [2.75, 3.05) is 16.2 Å². The number of rotatable bonds is 6. The Morgan fingerprint density at radius 3 is 2.14 bits per heavy atom. The van der Waals surface area contributed by atoms with Crippen LogP contribution in [0.5, 0.6) is 0 Å². The first-order valence-electron chi connectivity index (χ1n) is 8.67. The second-order valence-corrected chi connectivity index (χ2v) is 8.23. The molecule has 0 unspecified atom stereocenters. The van der Waals surface area contributed by atoms with Crippen LogP contribution in [0, 0.1) is 0 Å². The molecule has 3 rings (SSSR count). The van der Waals surface area contributed by atoms with E-state index in [9.17, 15) is 13.2 Å². The molecule has 0 spiro atoms. The summed E-state index contributed by atoms with van der Waals surface area (Å²) in [6.45, 7) is 2.03. The Bertz CT molecular complexity index is 1070. The van der Waals surface area contributed by atoms with Crippen molar-refractivity contribution in [3.05, 3.63) is 89.4 Å². The zero-order chi connectivity index (χ0) is 20.1. The second kappa shape index (κ2) is 8.46. The van der Waals surface area contributed by atoms with Crippen molar-refractivity contribution in [3.63, 3.8) is 0 Å². The fourth-order valence-corrected chi connectivity index (χ4v) is 4.42. The summed E-state index contributed by atoms with van der Waals surface area (Å²) in [4.78, 5) is 12.7. The monoisotopic (exact) mass is 414 g/mol. The molecule has 3 aromatic rings. The van der Waals surface area contributed by atoms with Crippen LogP contribution in [-0.2, 0) is 10.0 Å². The highest BCUT2D eigenvalue weighted by molar-refractivity contribution is 7.92. The average Bonchev–Trinajstić information content (AvgIpc) is 2.71. The molecule has 144 valence electrons. The van der Waals surface area contributed by atoms with E-state index in [1.165, 1.54) is 4.31 Å². The Balaban J connectivity index is 1.83. The quantitative estimate of drug-likeness (QED) is 0.629. The van der Waals surface area contributed by atoms with Gasteiger partial charge in [0.2, 0.25) is 0 Å². The predicted octanol–water partition coefficient (Wildman–Crippen LogP) is 4.81. The summed E-state index contributed by atoms with van der Waals surface area (Å²) in [5.74, 6) is -0.325. The van der Waals surface area contributed by atoms with E-state index in [0.717, 1.165) is 0 Å². The number of sulfonamides is 1. The van der Waals surface area contributed by atoms with Crippen molar-refractivity contribution in [3.8, 4) is 0 Å². The topological polar surface area (TPSA) is 66.5 Å². The molecule has 0 fully saturated rings. The summed E-state index contributed by atoms with van der Waals surface area (Å²) < 4.78 is 27.1. The first-order valence-corrected chi connectivity index (χ1v) is 10.5. The molecule has 0 aromatic heterocycles. The van der Waals surface area contributed by atoms with Crippen LogP contribution in [0.15, 0.2) is 83.8 Å². The van der Waals surface area contributed by atoms with E-state index in [2.05, 4.69) is 5.32 Å². The van der Waals surface area contributed by atoms with E-state index in [-0.39, 0.29) is 17.3 Å². The zero-order valence-electron chi connectivity index (χ0n) is 15.2. The fourth-order valence-electron chi connectivity index (χ4n) is 2.75. The van der Waals surface area contributed by atoms with Gasteiger partial charge in [0.15, 0.2) is 0 Å². The lowest BCUT2D eigenvalue weighted by molar-refractivity contribution is 0.102. The molecule has 7 heteroatoms. The molecule has 0 heterocycles. The Morgan fingerprint density at radius 1 is 0.929 bits per heavy atom. The number of nitrogens with one attached hydrogen (secondary N) is 1. The molecule has 0 aliphatic carbocycles. The zero-order valence-corrected chi connectivity index (χ0v) is 16.7. The predicted molar refractivity (Wildman–Crippen MR) is 112 cm³/mol. The third-order valence-corrected chi connectivity index (χ3v) is 6.40. The molecule has 0 saturated heterocycles. The second-order valence-electron chi connectivity index (χ2n) is 5.96. The third-order valence-electron chi connectivity index (χ3n) is 4.16. The molecule has 0 atom stereocenters. The lowest BCUT2D eigenvalue weighted by atomic mass is 10.2. The number of hydrogen-bond acceptors (Lipinski definition) is 3. The van der Waals surface area contributed by atoms with E-state index in [1.807, 2.05) is 0 Å². The highest BCUT2D eigenvalue weighted by atomic mass is 35.5. The van der Waals surface area contributed by atoms with Gasteiger partial charge in [-0.2, -0.15) is 0 Å². The number of halogens is 1. The summed E-state index contributed by atoms with van der Waals surface area (Å²) in [5, 5.41) is 3.19. The summed E-state index contributed by atoms with van der Waals surface area (Å²) in [5.41, 5.74) is 1.40. The normalized spacial score (nSPS) is 11.1. The number of amides is 1. The largest absolute Gasteiger partial charge is 0.321 e. The van der Waals surface area contributed by atoms with E-state index >= 15 is 0 Å². The number of para-hydroxylation sites is 1. The summed E-state index contributed by atoms with van der Waals surface area (Å²) in [7, 11) is -3.68. The van der Waals surface area contributed by atoms with Crippen LogP contribution in [0.25, 0.3) is 0 Å². The highest BCUT2D eigenvalue weighted by Gasteiger charge is 2.23. The van der Waals surface area contributed by atoms with Gasteiger partial charge in [-0.3, -0.25) is 9.10 Å². The Labute approximate surface area is 169 Å². The van der Waals surface area contributed by atoms with Gasteiger partial charge < -0.3 is 5.32 Å². The molecule has 0 radical (unpaired) electrons. The average molecular weight is 415 g/mol. The number of anilines is 2. The maximum atomic E-state index is 12.9. The van der Waals surface area contributed by atoms with Crippen molar-refractivity contribution >= 4 is 38.9 Å². The minimum absolute atomic E-state index is 0.220. The molecule has 5 nitrogen and oxygen atoms in total. The number of hydrogen-bond donors (Lipinski definition) is 1. The van der Waals surface area contributed by atoms with Crippen molar-refractivity contribution in [1.29, 1.82) is 0 Å². The van der Waals surface area contributed by atoms with Crippen LogP contribution in [0.4, 0.5) is 11.4 Å². The van der Waals surface area contributed by atoms with Gasteiger partial charge in [-0.15, -0.1) is 0 Å². The van der Waals surface area contributed by atoms with Gasteiger partial charge in [-0.25, -0.2) is 8.42 Å². The Kier molecular flexibility index (Phi) is 6.02. The van der Waals surface area contributed by atoms with Crippen molar-refractivity contribution in [2.45, 2.75) is 11.8 Å². The molecule has 28 heavy (non-hydrogen) atoms. The highest BCUT2D eigenvalue weighted by Crippen LogP contribution is 2.25. The SMILES string of the molecule is CCN(c1ccc(C(=O)Nc2ccccc2Cl)cc1)S(=O)(=O)c1ccccc1. The standard InChI is InChI=1S/C21H19ClN2O3S/c1-2-24(28(26,27)18-8-4-3-5-9-18)17-14-12-16(13-15-17)21(25)23-20-11-7-6-10-19(20)22/h3-15H,2H2,1H3,(H,23,25). The van der Waals surface area contributed by atoms with Crippen LogP contribution in [0.3, 0.4) is 0 Å². The van der Waals surface area contributed by atoms with E-state index in [1.54, 1.807) is 85.8 Å². The first-order chi connectivity index (χ1) is 13.4. The van der Waals surface area contributed by atoms with E-state index in [4.69, 9.17) is 11.6 Å². The molecular formula is C21H19ClN2O3S. The van der Waals surface area contributed by atoms with Gasteiger partial charge >= 0.3 is 0 Å². The van der Waals surface area contributed by atoms with Crippen molar-refractivity contribution in [1.82, 2.24) is 0 Å². The number of nitrogens with zero attached hydrogens (tertiary/aromatic N) is 1. The van der Waals surface area contributed by atoms with Crippen LogP contribution in [0.1, 0.15) is 17.3 Å². The molecule has 0 bridgehead atoms. The Hall–Kier alpha value is -2.83. The first kappa shape index (κ1) is 19.9. The van der Waals surface area contributed by atoms with Gasteiger partial charge in [-0.05, 0) is 55.5 Å². The molecule has 1 N–H and O–H groups in total. The maximum absolute atomic E-state index is 12.9. The third kappa shape index (κ3) is 4.18. The fraction of sp³-hybridized carbons (Fsp3) is 0.0952. The van der Waals surface area contributed by atoms with Crippen molar-refractivity contribution in [2.24, 2.45) is 0 Å². The number of benzene rings is 3. The molecule has 0 aliphatic rings. The van der Waals surface area contributed by atoms with Gasteiger partial charge in [0.05, 0.1) is 21.3 Å². The van der Waals surface area contributed by atoms with E-state index in [0.29, 0.717) is 22.0 Å². The minimum Gasteiger partial charge on any atom is -0.321 e. The van der Waals surface area contributed by atoms with Gasteiger partial charge in [0, 0.05) is 12.1 Å². The van der Waals surface area contributed by atoms with Crippen LogP contribution in [0.2, 0.25) is 5.02 Å². The smallest absolute Gasteiger partial charge is 0.264 e. The molecule has 3 aromatic carbocycles. The minimum atomic E-state index is -3.68. The Morgan fingerprint density at radius 2 is 1.54 bits per heavy atom. The molecule has 1 amide bonds. The van der Waals surface area contributed by atoms with Crippen LogP contribution in [-0.4, -0.2) is 20.9 Å². The van der Waals surface area contributed by atoms with Crippen LogP contribution >= 0.6 is 11.6 Å². The number of carbonyl (C=O) groups is 1. The lowest BCUT2D eigenvalue weighted by Gasteiger charge is -2.23. The van der Waals surface area contributed by atoms with E-state index < -0.39 is 10.0 Å². The van der Waals surface area contributed by atoms with Crippen LogP contribution < -0.4 is 9.62 Å². The summed E-state index contributed by atoms with van der Waals surface area (Å²) >= 11 is 6.06. The van der Waals surface area contributed by atoms with Gasteiger partial charge in [0.1, 0.15) is 0 Å². The summed E-state index contributed by atoms with van der Waals surface area (Å²) in [6.07, 6.45) is 0. The maximum Gasteiger partial charge on any atom is 0.264 e. The van der Waals surface area contributed by atoms with Gasteiger partial charge in [-0.1, -0.05) is 41.9 Å². The molecule has 0 saturated carbocycles. The number of carbonyl (C=O) groups excluding carboxylic acids is 1. The van der Waals surface area contributed by atoms with Crippen molar-refractivity contribution < 1.29 is 13.2 Å². The molecule has 0 aliphatic heterocycles. The van der Waals surface area contributed by atoms with Gasteiger partial charge in [0.25, 0.3) is 15.9 Å². The summed E-state index contributed by atoms with van der Waals surface area (Å²) in [6, 6.07) is 21.6. The lowest BCUT2D eigenvalue weighted by Crippen LogP contribution is -2.30.